The van der Waals surface area contributed by atoms with E-state index in [0.29, 0.717) is 29.9 Å². The molecule has 1 rings (SSSR count). The van der Waals surface area contributed by atoms with Crippen molar-refractivity contribution in [1.29, 1.82) is 0 Å². The summed E-state index contributed by atoms with van der Waals surface area (Å²) in [6, 6.07) is 8.62. The monoisotopic (exact) mass is 314 g/mol. The molecule has 0 atom stereocenters. The first kappa shape index (κ1) is 11.5. The number of terminal acetylenes is 2. The fraction of sp³-hybridized carbons (Fsp3) is 0.167. The molecule has 0 heterocycles. The van der Waals surface area contributed by atoms with Crippen LogP contribution in [0.25, 0.3) is 0 Å². The molecule has 0 saturated heterocycles. The Labute approximate surface area is 98.2 Å². The third-order valence-electron chi connectivity index (χ3n) is 1.67. The van der Waals surface area contributed by atoms with E-state index in [1.54, 1.807) is 0 Å². The van der Waals surface area contributed by atoms with E-state index in [1.165, 1.54) is 11.1 Å². The molecule has 0 bridgehead atoms. The van der Waals surface area contributed by atoms with Crippen LogP contribution in [0.1, 0.15) is 11.1 Å². The zero-order chi connectivity index (χ0) is 10.2. The van der Waals surface area contributed by atoms with Gasteiger partial charge in [-0.3, -0.25) is 0 Å². The summed E-state index contributed by atoms with van der Waals surface area (Å²) >= 11 is 0.620. The molecular weight excluding hydrogens is 302 g/mol. The second kappa shape index (κ2) is 6.78. The second-order valence-corrected chi connectivity index (χ2v) is 6.04. The molecule has 70 valence electrons. The Hall–Kier alpha value is -0.621. The molecule has 0 unspecified atom stereocenters. The van der Waals surface area contributed by atoms with Gasteiger partial charge in [0.25, 0.3) is 0 Å². The van der Waals surface area contributed by atoms with E-state index < -0.39 is 0 Å². The molecule has 0 aromatic heterocycles. The minimum atomic E-state index is 0.310. The Balaban J connectivity index is 2.52. The zero-order valence-electron chi connectivity index (χ0n) is 7.69. The first-order valence-corrected chi connectivity index (χ1v) is 8.23. The third kappa shape index (κ3) is 4.06. The van der Waals surface area contributed by atoms with Gasteiger partial charge in [-0.15, -0.1) is 0 Å². The van der Waals surface area contributed by atoms with Crippen LogP contribution in [0, 0.1) is 22.5 Å². The molecular formula is C12H10Se2. The van der Waals surface area contributed by atoms with Gasteiger partial charge in [-0.05, 0) is 0 Å². The van der Waals surface area contributed by atoms with Gasteiger partial charge in [0.1, 0.15) is 0 Å². The van der Waals surface area contributed by atoms with E-state index in [9.17, 15) is 0 Å². The van der Waals surface area contributed by atoms with E-state index >= 15 is 0 Å². The molecule has 14 heavy (non-hydrogen) atoms. The molecule has 2 heteroatoms. The molecule has 0 N–H and O–H groups in total. The summed E-state index contributed by atoms with van der Waals surface area (Å²) in [5.74, 6) is 0. The standard InChI is InChI=1S/C12H10Se2/c1-3-13-9-11-5-7-12(8-6-11)10-14-4-2/h1-2,5-8H,9-10H2. The van der Waals surface area contributed by atoms with Crippen LogP contribution in [-0.4, -0.2) is 29.9 Å². The van der Waals surface area contributed by atoms with Crippen LogP contribution < -0.4 is 0 Å². The van der Waals surface area contributed by atoms with Gasteiger partial charge in [0.05, 0.1) is 0 Å². The van der Waals surface area contributed by atoms with Crippen molar-refractivity contribution < 1.29 is 0 Å². The fourth-order valence-corrected chi connectivity index (χ4v) is 2.84. The normalized spacial score (nSPS) is 9.00. The summed E-state index contributed by atoms with van der Waals surface area (Å²) in [4.78, 5) is 5.41. The molecule has 0 aliphatic rings. The van der Waals surface area contributed by atoms with Gasteiger partial charge in [-0.25, -0.2) is 0 Å². The summed E-state index contributed by atoms with van der Waals surface area (Å²) in [5, 5.41) is 2.06. The Morgan fingerprint density at radius 2 is 1.21 bits per heavy atom. The third-order valence-corrected chi connectivity index (χ3v) is 4.37. The van der Waals surface area contributed by atoms with E-state index in [0.717, 1.165) is 10.6 Å². The van der Waals surface area contributed by atoms with Crippen LogP contribution in [-0.2, 0) is 10.6 Å². The first-order valence-electron chi connectivity index (χ1n) is 4.09. The van der Waals surface area contributed by atoms with Gasteiger partial charge in [0.2, 0.25) is 0 Å². The van der Waals surface area contributed by atoms with E-state index in [-0.39, 0.29) is 0 Å². The Morgan fingerprint density at radius 3 is 1.50 bits per heavy atom. The van der Waals surface area contributed by atoms with Gasteiger partial charge in [0, 0.05) is 0 Å². The minimum absolute atomic E-state index is 0.310. The van der Waals surface area contributed by atoms with Gasteiger partial charge in [0.15, 0.2) is 0 Å². The molecule has 0 radical (unpaired) electrons. The van der Waals surface area contributed by atoms with E-state index in [4.69, 9.17) is 12.8 Å². The molecule has 0 fully saturated rings. The van der Waals surface area contributed by atoms with Crippen molar-refractivity contribution in [2.24, 2.45) is 0 Å². The number of hydrogen-bond donors (Lipinski definition) is 0. The maximum atomic E-state index is 5.23. The quantitative estimate of drug-likeness (QED) is 0.580. The van der Waals surface area contributed by atoms with Crippen molar-refractivity contribution in [1.82, 2.24) is 0 Å². The molecule has 0 nitrogen and oxygen atoms in total. The first-order chi connectivity index (χ1) is 6.86. The summed E-state index contributed by atoms with van der Waals surface area (Å²) in [5.41, 5.74) is 2.67. The van der Waals surface area contributed by atoms with Crippen molar-refractivity contribution >= 4 is 29.9 Å². The van der Waals surface area contributed by atoms with Crippen molar-refractivity contribution in [3.8, 4) is 22.5 Å². The van der Waals surface area contributed by atoms with Crippen molar-refractivity contribution in [2.45, 2.75) is 10.6 Å². The Kier molecular flexibility index (Phi) is 5.54. The molecule has 1 aromatic rings. The van der Waals surface area contributed by atoms with Crippen molar-refractivity contribution in [3.05, 3.63) is 35.4 Å². The summed E-state index contributed by atoms with van der Waals surface area (Å²) < 4.78 is 0. The van der Waals surface area contributed by atoms with Crippen LogP contribution in [0.4, 0.5) is 0 Å². The second-order valence-electron chi connectivity index (χ2n) is 2.63. The summed E-state index contributed by atoms with van der Waals surface area (Å²) in [7, 11) is 0. The molecule has 0 amide bonds. The van der Waals surface area contributed by atoms with Gasteiger partial charge in [-0.2, -0.15) is 0 Å². The van der Waals surface area contributed by atoms with Crippen LogP contribution in [0.15, 0.2) is 24.3 Å². The predicted molar refractivity (Wildman–Crippen MR) is 63.0 cm³/mol. The Morgan fingerprint density at radius 1 is 0.857 bits per heavy atom. The number of benzene rings is 1. The number of rotatable bonds is 4. The number of hydrogen-bond acceptors (Lipinski definition) is 0. The molecule has 0 spiro atoms. The molecule has 0 aliphatic heterocycles. The summed E-state index contributed by atoms with van der Waals surface area (Å²) in [6.07, 6.45) is 10.5. The molecule has 0 aliphatic carbocycles. The average Bonchev–Trinajstić information content (AvgIpc) is 2.25. The fourth-order valence-electron chi connectivity index (χ4n) is 0.982. The molecule has 0 saturated carbocycles. The van der Waals surface area contributed by atoms with Gasteiger partial charge < -0.3 is 0 Å². The van der Waals surface area contributed by atoms with Crippen LogP contribution in [0.2, 0.25) is 0 Å². The zero-order valence-corrected chi connectivity index (χ0v) is 11.1. The molecule has 1 aromatic carbocycles. The van der Waals surface area contributed by atoms with Crippen LogP contribution in [0.3, 0.4) is 0 Å². The summed E-state index contributed by atoms with van der Waals surface area (Å²) in [6.45, 7) is 0. The predicted octanol–water partition coefficient (Wildman–Crippen LogP) is 1.28. The van der Waals surface area contributed by atoms with Gasteiger partial charge in [-0.1, -0.05) is 0 Å². The van der Waals surface area contributed by atoms with Crippen molar-refractivity contribution in [2.75, 3.05) is 0 Å². The average molecular weight is 312 g/mol. The maximum absolute atomic E-state index is 5.23. The topological polar surface area (TPSA) is 0 Å². The van der Waals surface area contributed by atoms with Gasteiger partial charge >= 0.3 is 98.4 Å². The SMILES string of the molecule is C#C[Se]Cc1ccc(C[Se]C#C)cc1. The van der Waals surface area contributed by atoms with E-state index in [1.807, 2.05) is 0 Å². The van der Waals surface area contributed by atoms with Crippen molar-refractivity contribution in [3.63, 3.8) is 0 Å². The Bertz CT molecular complexity index is 314. The van der Waals surface area contributed by atoms with Crippen LogP contribution >= 0.6 is 0 Å². The van der Waals surface area contributed by atoms with Crippen LogP contribution in [0.5, 0.6) is 0 Å². The van der Waals surface area contributed by atoms with E-state index in [2.05, 4.69) is 33.9 Å².